The van der Waals surface area contributed by atoms with Gasteiger partial charge in [-0.05, 0) is 17.9 Å². The van der Waals surface area contributed by atoms with Crippen LogP contribution in [-0.2, 0) is 0 Å². The Morgan fingerprint density at radius 3 is 2.58 bits per heavy atom. The van der Waals surface area contributed by atoms with E-state index in [0.717, 1.165) is 21.4 Å². The molecule has 0 spiro atoms. The van der Waals surface area contributed by atoms with E-state index in [1.807, 2.05) is 36.4 Å². The Kier molecular flexibility index (Phi) is 1.78. The topological polar surface area (TPSA) is 0 Å². The van der Waals surface area contributed by atoms with Crippen LogP contribution in [0, 0.1) is 6.92 Å². The van der Waals surface area contributed by atoms with E-state index in [1.165, 1.54) is 0 Å². The van der Waals surface area contributed by atoms with E-state index in [-0.39, 0.29) is 0 Å². The van der Waals surface area contributed by atoms with Crippen molar-refractivity contribution in [3.8, 4) is 0 Å². The maximum absolute atomic E-state index is 6.06. The van der Waals surface area contributed by atoms with Gasteiger partial charge in [0, 0.05) is 5.39 Å². The fraction of sp³-hybridized carbons (Fsp3) is 0. The molecule has 1 radical (unpaired) electrons. The van der Waals surface area contributed by atoms with E-state index in [2.05, 4.69) is 6.92 Å². The van der Waals surface area contributed by atoms with E-state index in [1.54, 1.807) is 0 Å². The first-order valence-electron chi connectivity index (χ1n) is 3.78. The van der Waals surface area contributed by atoms with Crippen molar-refractivity contribution in [2.75, 3.05) is 0 Å². The van der Waals surface area contributed by atoms with Gasteiger partial charge in [-0.2, -0.15) is 0 Å². The molecule has 2 rings (SSSR count). The summed E-state index contributed by atoms with van der Waals surface area (Å²) in [5, 5.41) is 3.00. The van der Waals surface area contributed by atoms with Crippen molar-refractivity contribution < 1.29 is 0 Å². The van der Waals surface area contributed by atoms with Crippen LogP contribution in [0.4, 0.5) is 0 Å². The standard InChI is InChI=1S/C11H8Cl/c1-8-6-7-9-4-2-3-5-10(9)11(8)12/h2-7H,1H2. The molecule has 0 unspecified atom stereocenters. The summed E-state index contributed by atoms with van der Waals surface area (Å²) in [5.74, 6) is 0. The minimum Gasteiger partial charge on any atom is -0.0834 e. The Balaban J connectivity index is 2.91. The van der Waals surface area contributed by atoms with Crippen molar-refractivity contribution >= 4 is 22.4 Å². The van der Waals surface area contributed by atoms with E-state index in [9.17, 15) is 0 Å². The number of halogens is 1. The number of benzene rings is 2. The summed E-state index contributed by atoms with van der Waals surface area (Å²) in [7, 11) is 0. The molecule has 0 aliphatic rings. The van der Waals surface area contributed by atoms with Crippen LogP contribution < -0.4 is 0 Å². The van der Waals surface area contributed by atoms with Gasteiger partial charge in [0.1, 0.15) is 0 Å². The average molecular weight is 176 g/mol. The van der Waals surface area contributed by atoms with Crippen LogP contribution in [0.1, 0.15) is 5.56 Å². The van der Waals surface area contributed by atoms with Crippen LogP contribution in [0.3, 0.4) is 0 Å². The van der Waals surface area contributed by atoms with Crippen molar-refractivity contribution in [2.24, 2.45) is 0 Å². The molecule has 0 amide bonds. The first-order valence-corrected chi connectivity index (χ1v) is 4.16. The molecule has 0 heterocycles. The van der Waals surface area contributed by atoms with Crippen molar-refractivity contribution in [1.29, 1.82) is 0 Å². The first-order chi connectivity index (χ1) is 5.79. The van der Waals surface area contributed by atoms with Gasteiger partial charge in [-0.25, -0.2) is 0 Å². The molecule has 0 bridgehead atoms. The van der Waals surface area contributed by atoms with Gasteiger partial charge in [0.2, 0.25) is 0 Å². The summed E-state index contributed by atoms with van der Waals surface area (Å²) < 4.78 is 0. The Hall–Kier alpha value is -1.01. The fourth-order valence-electron chi connectivity index (χ4n) is 1.28. The molecule has 0 atom stereocenters. The van der Waals surface area contributed by atoms with Gasteiger partial charge in [-0.3, -0.25) is 0 Å². The van der Waals surface area contributed by atoms with Crippen molar-refractivity contribution in [1.82, 2.24) is 0 Å². The Labute approximate surface area is 76.8 Å². The zero-order chi connectivity index (χ0) is 8.55. The molecule has 2 aromatic rings. The van der Waals surface area contributed by atoms with Crippen molar-refractivity contribution in [2.45, 2.75) is 0 Å². The second-order valence-electron chi connectivity index (χ2n) is 2.76. The van der Waals surface area contributed by atoms with Crippen LogP contribution in [0.15, 0.2) is 36.4 Å². The molecule has 0 aliphatic carbocycles. The summed E-state index contributed by atoms with van der Waals surface area (Å²) in [6.07, 6.45) is 0. The van der Waals surface area contributed by atoms with Crippen molar-refractivity contribution in [3.05, 3.63) is 53.9 Å². The molecule has 0 fully saturated rings. The van der Waals surface area contributed by atoms with Gasteiger partial charge in [0.15, 0.2) is 0 Å². The normalized spacial score (nSPS) is 10.5. The highest BCUT2D eigenvalue weighted by Gasteiger charge is 1.99. The predicted molar refractivity (Wildman–Crippen MR) is 53.4 cm³/mol. The smallest absolute Gasteiger partial charge is 0.0516 e. The molecule has 0 aromatic heterocycles. The summed E-state index contributed by atoms with van der Waals surface area (Å²) in [4.78, 5) is 0. The van der Waals surface area contributed by atoms with Crippen LogP contribution in [-0.4, -0.2) is 0 Å². The van der Waals surface area contributed by atoms with Crippen LogP contribution in [0.5, 0.6) is 0 Å². The van der Waals surface area contributed by atoms with Gasteiger partial charge in [0.05, 0.1) is 5.02 Å². The summed E-state index contributed by atoms with van der Waals surface area (Å²) in [6.45, 7) is 3.84. The summed E-state index contributed by atoms with van der Waals surface area (Å²) in [6, 6.07) is 12.0. The summed E-state index contributed by atoms with van der Waals surface area (Å²) >= 11 is 6.06. The minimum atomic E-state index is 0.758. The van der Waals surface area contributed by atoms with Gasteiger partial charge in [-0.15, -0.1) is 0 Å². The van der Waals surface area contributed by atoms with Crippen LogP contribution in [0.25, 0.3) is 10.8 Å². The van der Waals surface area contributed by atoms with Gasteiger partial charge < -0.3 is 0 Å². The first kappa shape index (κ1) is 7.63. The predicted octanol–water partition coefficient (Wildman–Crippen LogP) is 3.68. The molecule has 0 nitrogen and oxygen atoms in total. The lowest BCUT2D eigenvalue weighted by Gasteiger charge is -2.02. The molecular weight excluding hydrogens is 168 g/mol. The number of hydrogen-bond acceptors (Lipinski definition) is 0. The highest BCUT2D eigenvalue weighted by Crippen LogP contribution is 2.26. The van der Waals surface area contributed by atoms with Gasteiger partial charge >= 0.3 is 0 Å². The Morgan fingerprint density at radius 1 is 1.00 bits per heavy atom. The quantitative estimate of drug-likeness (QED) is 0.573. The van der Waals surface area contributed by atoms with Crippen LogP contribution >= 0.6 is 11.6 Å². The molecule has 0 N–H and O–H groups in total. The zero-order valence-corrected chi connectivity index (χ0v) is 7.31. The number of hydrogen-bond donors (Lipinski definition) is 0. The second kappa shape index (κ2) is 2.80. The van der Waals surface area contributed by atoms with Crippen molar-refractivity contribution in [3.63, 3.8) is 0 Å². The summed E-state index contributed by atoms with van der Waals surface area (Å²) in [5.41, 5.74) is 0.885. The minimum absolute atomic E-state index is 0.758. The lowest BCUT2D eigenvalue weighted by atomic mass is 10.1. The molecule has 0 aliphatic heterocycles. The van der Waals surface area contributed by atoms with Crippen LogP contribution in [0.2, 0.25) is 5.02 Å². The zero-order valence-electron chi connectivity index (χ0n) is 6.55. The largest absolute Gasteiger partial charge is 0.0834 e. The molecular formula is C11H8Cl. The third-order valence-electron chi connectivity index (χ3n) is 1.94. The third-order valence-corrected chi connectivity index (χ3v) is 2.39. The second-order valence-corrected chi connectivity index (χ2v) is 3.14. The van der Waals surface area contributed by atoms with E-state index >= 15 is 0 Å². The lowest BCUT2D eigenvalue weighted by Crippen LogP contribution is -1.77. The average Bonchev–Trinajstić information content (AvgIpc) is 2.12. The number of fused-ring (bicyclic) bond motifs is 1. The van der Waals surface area contributed by atoms with E-state index in [4.69, 9.17) is 11.6 Å². The molecule has 2 aromatic carbocycles. The maximum Gasteiger partial charge on any atom is 0.0516 e. The highest BCUT2D eigenvalue weighted by molar-refractivity contribution is 6.36. The van der Waals surface area contributed by atoms with Gasteiger partial charge in [-0.1, -0.05) is 48.0 Å². The molecule has 12 heavy (non-hydrogen) atoms. The molecule has 0 saturated carbocycles. The van der Waals surface area contributed by atoms with Gasteiger partial charge in [0.25, 0.3) is 0 Å². The number of rotatable bonds is 0. The molecule has 1 heteroatoms. The monoisotopic (exact) mass is 175 g/mol. The SMILES string of the molecule is [CH2]c1ccc2ccccc2c1Cl. The lowest BCUT2D eigenvalue weighted by molar-refractivity contribution is 1.66. The van der Waals surface area contributed by atoms with E-state index in [0.29, 0.717) is 0 Å². The highest BCUT2D eigenvalue weighted by atomic mass is 35.5. The van der Waals surface area contributed by atoms with E-state index < -0.39 is 0 Å². The third kappa shape index (κ3) is 1.09. The molecule has 0 saturated heterocycles. The molecule has 59 valence electrons. The Bertz CT molecular complexity index is 418. The maximum atomic E-state index is 6.06. The Morgan fingerprint density at radius 2 is 1.75 bits per heavy atom. The fourth-order valence-corrected chi connectivity index (χ4v) is 1.51.